The van der Waals surface area contributed by atoms with Crippen LogP contribution in [0.25, 0.3) is 21.0 Å². The van der Waals surface area contributed by atoms with E-state index in [9.17, 15) is 4.79 Å². The van der Waals surface area contributed by atoms with E-state index in [1.54, 1.807) is 22.9 Å². The first-order chi connectivity index (χ1) is 11.2. The molecule has 2 heterocycles. The monoisotopic (exact) mass is 349 g/mol. The van der Waals surface area contributed by atoms with E-state index in [0.717, 1.165) is 10.4 Å². The third kappa shape index (κ3) is 2.80. The van der Waals surface area contributed by atoms with Crippen molar-refractivity contribution in [3.8, 4) is 10.4 Å². The molecule has 0 N–H and O–H groups in total. The first-order valence-corrected chi connectivity index (χ1v) is 7.75. The van der Waals surface area contributed by atoms with Crippen LogP contribution in [0.15, 0.2) is 36.9 Å². The molecule has 3 aromatic rings. The Morgan fingerprint density at radius 1 is 1.30 bits per heavy atom. The van der Waals surface area contributed by atoms with Crippen molar-refractivity contribution in [3.05, 3.63) is 47.6 Å². The molecule has 23 heavy (non-hydrogen) atoms. The molecule has 6 nitrogen and oxygen atoms in total. The van der Waals surface area contributed by atoms with E-state index in [4.69, 9.17) is 21.1 Å². The fourth-order valence-electron chi connectivity index (χ4n) is 2.17. The number of hydrogen-bond donors (Lipinski definition) is 0. The Morgan fingerprint density at radius 2 is 2.04 bits per heavy atom. The Labute approximate surface area is 140 Å². The molecule has 0 radical (unpaired) electrons. The molecule has 0 atom stereocenters. The summed E-state index contributed by atoms with van der Waals surface area (Å²) >= 11 is 7.37. The predicted molar refractivity (Wildman–Crippen MR) is 88.3 cm³/mol. The lowest BCUT2D eigenvalue weighted by atomic mass is 10.1. The van der Waals surface area contributed by atoms with Crippen LogP contribution in [0.5, 0.6) is 0 Å². The maximum Gasteiger partial charge on any atom is 0.343 e. The highest BCUT2D eigenvalue weighted by molar-refractivity contribution is 7.20. The molecule has 0 aliphatic carbocycles. The second kappa shape index (κ2) is 6.39. The topological polar surface area (TPSA) is 65.7 Å². The minimum absolute atomic E-state index is 0.283. The van der Waals surface area contributed by atoms with E-state index >= 15 is 0 Å². The molecule has 0 aliphatic heterocycles. The van der Waals surface area contributed by atoms with Crippen molar-refractivity contribution in [1.82, 2.24) is 14.6 Å². The van der Waals surface area contributed by atoms with Crippen molar-refractivity contribution in [2.75, 3.05) is 14.2 Å². The normalized spacial score (nSPS) is 11.7. The van der Waals surface area contributed by atoms with E-state index in [-0.39, 0.29) is 5.57 Å². The van der Waals surface area contributed by atoms with Crippen molar-refractivity contribution < 1.29 is 14.3 Å². The molecular weight excluding hydrogens is 338 g/mol. The lowest BCUT2D eigenvalue weighted by Crippen LogP contribution is -2.07. The summed E-state index contributed by atoms with van der Waals surface area (Å²) < 4.78 is 11.7. The summed E-state index contributed by atoms with van der Waals surface area (Å²) in [5.41, 5.74) is 1.81. The number of halogens is 1. The Bertz CT molecular complexity index is 883. The zero-order valence-electron chi connectivity index (χ0n) is 12.3. The molecule has 8 heteroatoms. The van der Waals surface area contributed by atoms with Crippen molar-refractivity contribution in [2.45, 2.75) is 0 Å². The Balaban J connectivity index is 2.27. The second-order valence-electron chi connectivity index (χ2n) is 4.53. The van der Waals surface area contributed by atoms with E-state index < -0.39 is 5.97 Å². The summed E-state index contributed by atoms with van der Waals surface area (Å²) in [5, 5.41) is 8.57. The Hall–Kier alpha value is -2.38. The van der Waals surface area contributed by atoms with Gasteiger partial charge in [0.25, 0.3) is 0 Å². The lowest BCUT2D eigenvalue weighted by Gasteiger charge is -2.08. The summed E-state index contributed by atoms with van der Waals surface area (Å²) in [6.45, 7) is 0. The minimum Gasteiger partial charge on any atom is -0.503 e. The molecular formula is C15H12ClN3O3S. The number of rotatable bonds is 4. The zero-order chi connectivity index (χ0) is 16.4. The van der Waals surface area contributed by atoms with Gasteiger partial charge in [-0.3, -0.25) is 4.40 Å². The SMILES string of the molecule is CO/C=C(/C(=O)OC)c1c(-c2ccc(Cl)cc2)sc2nncn12. The van der Waals surface area contributed by atoms with Crippen LogP contribution in [-0.2, 0) is 14.3 Å². The van der Waals surface area contributed by atoms with E-state index in [2.05, 4.69) is 10.2 Å². The maximum absolute atomic E-state index is 12.2. The molecule has 0 aliphatic rings. The van der Waals surface area contributed by atoms with Gasteiger partial charge in [0.05, 0.1) is 31.1 Å². The Kier molecular flexibility index (Phi) is 4.31. The number of methoxy groups -OCH3 is 2. The molecule has 0 saturated heterocycles. The molecule has 0 unspecified atom stereocenters. The number of aromatic nitrogens is 3. The summed E-state index contributed by atoms with van der Waals surface area (Å²) in [6, 6.07) is 7.34. The molecule has 118 valence electrons. The molecule has 0 amide bonds. The highest BCUT2D eigenvalue weighted by Crippen LogP contribution is 2.37. The summed E-state index contributed by atoms with van der Waals surface area (Å²) in [7, 11) is 2.80. The van der Waals surface area contributed by atoms with Crippen LogP contribution in [0.2, 0.25) is 5.02 Å². The van der Waals surface area contributed by atoms with Crippen LogP contribution in [0.4, 0.5) is 0 Å². The number of ether oxygens (including phenoxy) is 2. The van der Waals surface area contributed by atoms with E-state index in [0.29, 0.717) is 15.7 Å². The van der Waals surface area contributed by atoms with Crippen molar-refractivity contribution in [1.29, 1.82) is 0 Å². The third-order valence-electron chi connectivity index (χ3n) is 3.17. The lowest BCUT2D eigenvalue weighted by molar-refractivity contribution is -0.133. The van der Waals surface area contributed by atoms with Crippen molar-refractivity contribution >= 4 is 39.4 Å². The van der Waals surface area contributed by atoms with E-state index in [1.807, 2.05) is 12.1 Å². The number of hydrogen-bond acceptors (Lipinski definition) is 6. The van der Waals surface area contributed by atoms with Gasteiger partial charge in [0.2, 0.25) is 4.96 Å². The molecule has 0 spiro atoms. The molecule has 3 rings (SSSR count). The molecule has 0 bridgehead atoms. The van der Waals surface area contributed by atoms with Crippen LogP contribution < -0.4 is 0 Å². The third-order valence-corrected chi connectivity index (χ3v) is 4.51. The van der Waals surface area contributed by atoms with Gasteiger partial charge in [-0.1, -0.05) is 35.1 Å². The number of esters is 1. The predicted octanol–water partition coefficient (Wildman–Crippen LogP) is 3.27. The van der Waals surface area contributed by atoms with Gasteiger partial charge >= 0.3 is 5.97 Å². The van der Waals surface area contributed by atoms with Crippen molar-refractivity contribution in [3.63, 3.8) is 0 Å². The highest BCUT2D eigenvalue weighted by Gasteiger charge is 2.24. The molecule has 0 fully saturated rings. The molecule has 1 aromatic carbocycles. The smallest absolute Gasteiger partial charge is 0.343 e. The van der Waals surface area contributed by atoms with Gasteiger partial charge in [0.1, 0.15) is 11.9 Å². The highest BCUT2D eigenvalue weighted by atomic mass is 35.5. The largest absolute Gasteiger partial charge is 0.503 e. The van der Waals surface area contributed by atoms with Crippen LogP contribution in [0.3, 0.4) is 0 Å². The Morgan fingerprint density at radius 3 is 2.70 bits per heavy atom. The maximum atomic E-state index is 12.2. The zero-order valence-corrected chi connectivity index (χ0v) is 13.9. The first-order valence-electron chi connectivity index (χ1n) is 6.55. The van der Waals surface area contributed by atoms with Gasteiger partial charge in [-0.05, 0) is 17.7 Å². The average Bonchev–Trinajstić information content (AvgIpc) is 3.14. The van der Waals surface area contributed by atoms with Gasteiger partial charge in [-0.15, -0.1) is 10.2 Å². The summed E-state index contributed by atoms with van der Waals surface area (Å²) in [6.07, 6.45) is 2.90. The number of carbonyl (C=O) groups excluding carboxylic acids is 1. The van der Waals surface area contributed by atoms with Gasteiger partial charge in [-0.2, -0.15) is 0 Å². The van der Waals surface area contributed by atoms with Crippen LogP contribution >= 0.6 is 22.9 Å². The number of thiazole rings is 1. The number of fused-ring (bicyclic) bond motifs is 1. The van der Waals surface area contributed by atoms with Gasteiger partial charge < -0.3 is 9.47 Å². The minimum atomic E-state index is -0.504. The van der Waals surface area contributed by atoms with Gasteiger partial charge in [0, 0.05) is 5.02 Å². The molecule has 2 aromatic heterocycles. The molecule has 0 saturated carbocycles. The second-order valence-corrected chi connectivity index (χ2v) is 5.94. The number of benzene rings is 1. The van der Waals surface area contributed by atoms with Crippen LogP contribution in [0, 0.1) is 0 Å². The number of carbonyl (C=O) groups is 1. The van der Waals surface area contributed by atoms with Gasteiger partial charge in [0.15, 0.2) is 0 Å². The fraction of sp³-hybridized carbons (Fsp3) is 0.133. The van der Waals surface area contributed by atoms with Crippen LogP contribution in [0.1, 0.15) is 5.69 Å². The van der Waals surface area contributed by atoms with E-state index in [1.165, 1.54) is 31.8 Å². The first kappa shape index (κ1) is 15.5. The number of nitrogens with zero attached hydrogens (tertiary/aromatic N) is 3. The average molecular weight is 350 g/mol. The summed E-state index contributed by atoms with van der Waals surface area (Å²) in [4.78, 5) is 13.7. The van der Waals surface area contributed by atoms with Crippen LogP contribution in [-0.4, -0.2) is 34.8 Å². The van der Waals surface area contributed by atoms with Gasteiger partial charge in [-0.25, -0.2) is 4.79 Å². The summed E-state index contributed by atoms with van der Waals surface area (Å²) in [5.74, 6) is -0.504. The fourth-order valence-corrected chi connectivity index (χ4v) is 3.37. The quantitative estimate of drug-likeness (QED) is 0.411. The van der Waals surface area contributed by atoms with Crippen molar-refractivity contribution in [2.24, 2.45) is 0 Å². The standard InChI is InChI=1S/C15H12ClN3O3S/c1-21-7-11(14(20)22-2)12-13(9-3-5-10(16)6-4-9)23-15-18-17-8-19(12)15/h3-8H,1-2H3/b11-7+.